The lowest BCUT2D eigenvalue weighted by Crippen LogP contribution is -2.39. The number of carbonyl (C=O) groups is 2. The summed E-state index contributed by atoms with van der Waals surface area (Å²) in [6.07, 6.45) is 8.13. The summed E-state index contributed by atoms with van der Waals surface area (Å²) >= 11 is 0. The van der Waals surface area contributed by atoms with Gasteiger partial charge >= 0.3 is 5.97 Å². The van der Waals surface area contributed by atoms with Gasteiger partial charge in [0.2, 0.25) is 5.91 Å². The Morgan fingerprint density at radius 3 is 2.50 bits per heavy atom. The van der Waals surface area contributed by atoms with Crippen molar-refractivity contribution < 1.29 is 14.7 Å². The van der Waals surface area contributed by atoms with Crippen LogP contribution in [0.4, 0.5) is 0 Å². The fourth-order valence-corrected chi connectivity index (χ4v) is 2.93. The van der Waals surface area contributed by atoms with E-state index in [4.69, 9.17) is 10.8 Å². The summed E-state index contributed by atoms with van der Waals surface area (Å²) in [5, 5.41) is 11.5. The van der Waals surface area contributed by atoms with Crippen molar-refractivity contribution in [3.05, 3.63) is 0 Å². The Hall–Kier alpha value is -1.10. The first kappa shape index (κ1) is 17.0. The van der Waals surface area contributed by atoms with Crippen molar-refractivity contribution in [3.63, 3.8) is 0 Å². The highest BCUT2D eigenvalue weighted by molar-refractivity contribution is 5.79. The van der Waals surface area contributed by atoms with Crippen molar-refractivity contribution in [1.29, 1.82) is 0 Å². The fourth-order valence-electron chi connectivity index (χ4n) is 2.93. The molecule has 0 radical (unpaired) electrons. The van der Waals surface area contributed by atoms with Gasteiger partial charge in [-0.05, 0) is 38.1 Å². The zero-order valence-electron chi connectivity index (χ0n) is 12.3. The van der Waals surface area contributed by atoms with Gasteiger partial charge in [-0.25, -0.2) is 0 Å². The normalized spacial score (nSPS) is 22.4. The summed E-state index contributed by atoms with van der Waals surface area (Å²) in [5.41, 5.74) is 5.74. The van der Waals surface area contributed by atoms with Crippen LogP contribution in [0.2, 0.25) is 0 Å². The van der Waals surface area contributed by atoms with Crippen molar-refractivity contribution in [2.45, 2.75) is 57.8 Å². The third kappa shape index (κ3) is 6.37. The molecule has 0 aromatic carbocycles. The first-order chi connectivity index (χ1) is 9.65. The molecule has 1 rings (SSSR count). The number of carboxylic acid groups (broad SMARTS) is 1. The number of nitrogens with one attached hydrogen (secondary N) is 1. The van der Waals surface area contributed by atoms with Crippen molar-refractivity contribution in [2.24, 2.45) is 17.6 Å². The number of aliphatic carboxylic acids is 1. The molecule has 2 atom stereocenters. The van der Waals surface area contributed by atoms with Gasteiger partial charge in [0.05, 0.1) is 0 Å². The third-order valence-corrected chi connectivity index (χ3v) is 4.17. The first-order valence-electron chi connectivity index (χ1n) is 7.84. The molecule has 1 saturated carbocycles. The average molecular weight is 284 g/mol. The molecule has 0 aromatic rings. The van der Waals surface area contributed by atoms with Gasteiger partial charge in [-0.1, -0.05) is 25.7 Å². The van der Waals surface area contributed by atoms with Gasteiger partial charge in [-0.15, -0.1) is 0 Å². The Labute approximate surface area is 121 Å². The van der Waals surface area contributed by atoms with E-state index in [1.165, 1.54) is 6.42 Å². The van der Waals surface area contributed by atoms with Gasteiger partial charge in [-0.3, -0.25) is 9.59 Å². The molecule has 5 heteroatoms. The molecule has 0 saturated heterocycles. The summed E-state index contributed by atoms with van der Waals surface area (Å²) in [5.74, 6) is -0.130. The number of rotatable bonds is 9. The second kappa shape index (κ2) is 9.75. The van der Waals surface area contributed by atoms with Crippen LogP contribution in [-0.4, -0.2) is 30.1 Å². The molecule has 0 heterocycles. The fraction of sp³-hybridized carbons (Fsp3) is 0.867. The molecule has 1 fully saturated rings. The predicted octanol–water partition coefficient (Wildman–Crippen LogP) is 1.90. The van der Waals surface area contributed by atoms with Crippen LogP contribution in [0.15, 0.2) is 0 Å². The Kier molecular flexibility index (Phi) is 8.26. The molecule has 0 aliphatic heterocycles. The lowest BCUT2D eigenvalue weighted by atomic mass is 9.79. The van der Waals surface area contributed by atoms with Gasteiger partial charge in [-0.2, -0.15) is 0 Å². The second-order valence-corrected chi connectivity index (χ2v) is 5.74. The van der Waals surface area contributed by atoms with E-state index in [2.05, 4.69) is 5.32 Å². The molecule has 4 N–H and O–H groups in total. The monoisotopic (exact) mass is 284 g/mol. The van der Waals surface area contributed by atoms with E-state index in [1.54, 1.807) is 0 Å². The Balaban J connectivity index is 2.08. The van der Waals surface area contributed by atoms with Crippen LogP contribution < -0.4 is 11.1 Å². The van der Waals surface area contributed by atoms with Gasteiger partial charge in [0, 0.05) is 18.9 Å². The average Bonchev–Trinajstić information content (AvgIpc) is 2.45. The highest BCUT2D eigenvalue weighted by Gasteiger charge is 2.29. The minimum Gasteiger partial charge on any atom is -0.481 e. The minimum atomic E-state index is -0.733. The van der Waals surface area contributed by atoms with E-state index < -0.39 is 5.97 Å². The summed E-state index contributed by atoms with van der Waals surface area (Å²) in [6.45, 7) is 1.30. The first-order valence-corrected chi connectivity index (χ1v) is 7.84. The van der Waals surface area contributed by atoms with E-state index >= 15 is 0 Å². The summed E-state index contributed by atoms with van der Waals surface area (Å²) in [4.78, 5) is 22.4. The molecule has 1 aliphatic rings. The van der Waals surface area contributed by atoms with Crippen LogP contribution in [0, 0.1) is 11.8 Å². The number of hydrogen-bond acceptors (Lipinski definition) is 3. The van der Waals surface area contributed by atoms with Crippen molar-refractivity contribution >= 4 is 11.9 Å². The minimum absolute atomic E-state index is 0.0979. The van der Waals surface area contributed by atoms with Gasteiger partial charge in [0.1, 0.15) is 0 Å². The Morgan fingerprint density at radius 1 is 1.10 bits per heavy atom. The molecule has 20 heavy (non-hydrogen) atoms. The maximum absolute atomic E-state index is 12.1. The van der Waals surface area contributed by atoms with Crippen LogP contribution in [0.25, 0.3) is 0 Å². The van der Waals surface area contributed by atoms with E-state index in [0.717, 1.165) is 44.9 Å². The van der Waals surface area contributed by atoms with E-state index in [9.17, 15) is 9.59 Å². The maximum Gasteiger partial charge on any atom is 0.303 e. The molecule has 1 amide bonds. The number of unbranched alkanes of at least 4 members (excludes halogenated alkanes) is 3. The Bertz CT molecular complexity index is 307. The topological polar surface area (TPSA) is 92.4 Å². The van der Waals surface area contributed by atoms with Gasteiger partial charge in [0.25, 0.3) is 0 Å². The summed E-state index contributed by atoms with van der Waals surface area (Å²) in [6, 6.07) is 0. The van der Waals surface area contributed by atoms with Gasteiger partial charge in [0.15, 0.2) is 0 Å². The molecule has 0 aromatic heterocycles. The molecular weight excluding hydrogens is 256 g/mol. The zero-order valence-corrected chi connectivity index (χ0v) is 12.3. The SMILES string of the molecule is NCC1CCCCC1C(=O)NCCCCCCC(=O)O. The lowest BCUT2D eigenvalue weighted by molar-refractivity contribution is -0.137. The predicted molar refractivity (Wildman–Crippen MR) is 78.2 cm³/mol. The van der Waals surface area contributed by atoms with Crippen molar-refractivity contribution in [3.8, 4) is 0 Å². The zero-order chi connectivity index (χ0) is 14.8. The van der Waals surface area contributed by atoms with Crippen molar-refractivity contribution in [1.82, 2.24) is 5.32 Å². The number of nitrogens with two attached hydrogens (primary N) is 1. The molecular formula is C15H28N2O3. The number of carboxylic acids is 1. The quantitative estimate of drug-likeness (QED) is 0.564. The van der Waals surface area contributed by atoms with Crippen LogP contribution in [0.3, 0.4) is 0 Å². The summed E-state index contributed by atoms with van der Waals surface area (Å²) < 4.78 is 0. The standard InChI is InChI=1S/C15H28N2O3/c16-11-12-7-4-5-8-13(12)15(20)17-10-6-2-1-3-9-14(18)19/h12-13H,1-11,16H2,(H,17,20)(H,18,19). The largest absolute Gasteiger partial charge is 0.481 e. The highest BCUT2D eigenvalue weighted by atomic mass is 16.4. The second-order valence-electron chi connectivity index (χ2n) is 5.74. The van der Waals surface area contributed by atoms with Crippen LogP contribution >= 0.6 is 0 Å². The number of amides is 1. The lowest BCUT2D eigenvalue weighted by Gasteiger charge is -2.29. The van der Waals surface area contributed by atoms with Crippen molar-refractivity contribution in [2.75, 3.05) is 13.1 Å². The summed E-state index contributed by atoms with van der Waals surface area (Å²) in [7, 11) is 0. The Morgan fingerprint density at radius 2 is 1.80 bits per heavy atom. The van der Waals surface area contributed by atoms with E-state index in [0.29, 0.717) is 19.0 Å². The molecule has 2 unspecified atom stereocenters. The molecule has 116 valence electrons. The molecule has 0 spiro atoms. The smallest absolute Gasteiger partial charge is 0.303 e. The van der Waals surface area contributed by atoms with Crippen LogP contribution in [-0.2, 0) is 9.59 Å². The van der Waals surface area contributed by atoms with Gasteiger partial charge < -0.3 is 16.2 Å². The third-order valence-electron chi connectivity index (χ3n) is 4.17. The van der Waals surface area contributed by atoms with Crippen LogP contribution in [0.1, 0.15) is 57.8 Å². The number of hydrogen-bond donors (Lipinski definition) is 3. The molecule has 5 nitrogen and oxygen atoms in total. The molecule has 1 aliphatic carbocycles. The number of carbonyl (C=O) groups excluding carboxylic acids is 1. The molecule has 0 bridgehead atoms. The van der Waals surface area contributed by atoms with E-state index in [-0.39, 0.29) is 18.2 Å². The van der Waals surface area contributed by atoms with E-state index in [1.807, 2.05) is 0 Å². The van der Waals surface area contributed by atoms with Crippen LogP contribution in [0.5, 0.6) is 0 Å². The highest BCUT2D eigenvalue weighted by Crippen LogP contribution is 2.29. The maximum atomic E-state index is 12.1.